The van der Waals surface area contributed by atoms with Crippen molar-refractivity contribution in [2.75, 3.05) is 13.7 Å². The lowest BCUT2D eigenvalue weighted by molar-refractivity contribution is 0.0952. The molecule has 1 aromatic heterocycles. The van der Waals surface area contributed by atoms with Crippen LogP contribution in [0.4, 0.5) is 0 Å². The molecule has 1 atom stereocenters. The fourth-order valence-corrected chi connectivity index (χ4v) is 2.08. The van der Waals surface area contributed by atoms with E-state index in [1.54, 1.807) is 19.4 Å². The van der Waals surface area contributed by atoms with Crippen molar-refractivity contribution in [1.29, 1.82) is 0 Å². The van der Waals surface area contributed by atoms with Crippen LogP contribution in [0.1, 0.15) is 23.2 Å². The Bertz CT molecular complexity index is 564. The van der Waals surface area contributed by atoms with Gasteiger partial charge in [-0.05, 0) is 25.0 Å². The van der Waals surface area contributed by atoms with Gasteiger partial charge in [0.15, 0.2) is 5.78 Å². The highest BCUT2D eigenvalue weighted by Crippen LogP contribution is 2.18. The van der Waals surface area contributed by atoms with Crippen LogP contribution in [0.2, 0.25) is 0 Å². The summed E-state index contributed by atoms with van der Waals surface area (Å²) in [6.07, 6.45) is 3.09. The Balaban J connectivity index is 2.21. The predicted molar refractivity (Wildman–Crippen MR) is 75.2 cm³/mol. The second kappa shape index (κ2) is 6.41. The number of benzene rings is 1. The molecule has 0 radical (unpaired) electrons. The molecular weight excluding hydrogens is 240 g/mol. The Kier molecular flexibility index (Phi) is 4.60. The van der Waals surface area contributed by atoms with Gasteiger partial charge in [-0.25, -0.2) is 0 Å². The molecular formula is C15H18N2O2. The van der Waals surface area contributed by atoms with E-state index < -0.39 is 6.04 Å². The third kappa shape index (κ3) is 3.16. The molecule has 1 unspecified atom stereocenters. The number of ketones is 1. The number of methoxy groups -OCH3 is 1. The van der Waals surface area contributed by atoms with E-state index in [0.29, 0.717) is 18.6 Å². The SMILES string of the molecule is COCCCC(N)C(=O)c1cccc2cccnc12. The standard InChI is InChI=1S/C15H18N2O2/c1-19-10-4-8-13(16)15(18)12-7-2-5-11-6-3-9-17-14(11)12/h2-3,5-7,9,13H,4,8,10,16H2,1H3. The summed E-state index contributed by atoms with van der Waals surface area (Å²) >= 11 is 0. The van der Waals surface area contributed by atoms with Crippen LogP contribution in [-0.4, -0.2) is 30.5 Å². The van der Waals surface area contributed by atoms with E-state index in [1.165, 1.54) is 0 Å². The number of hydrogen-bond acceptors (Lipinski definition) is 4. The number of para-hydroxylation sites is 1. The Labute approximate surface area is 112 Å². The molecule has 0 aliphatic rings. The van der Waals surface area contributed by atoms with Crippen molar-refractivity contribution in [3.8, 4) is 0 Å². The number of nitrogens with zero attached hydrogens (tertiary/aromatic N) is 1. The second-order valence-corrected chi connectivity index (χ2v) is 4.49. The Morgan fingerprint density at radius 1 is 1.37 bits per heavy atom. The van der Waals surface area contributed by atoms with E-state index in [4.69, 9.17) is 10.5 Å². The number of hydrogen-bond donors (Lipinski definition) is 1. The molecule has 2 N–H and O–H groups in total. The van der Waals surface area contributed by atoms with E-state index in [2.05, 4.69) is 4.98 Å². The van der Waals surface area contributed by atoms with Gasteiger partial charge >= 0.3 is 0 Å². The third-order valence-corrected chi connectivity index (χ3v) is 3.10. The highest BCUT2D eigenvalue weighted by atomic mass is 16.5. The Morgan fingerprint density at radius 3 is 2.95 bits per heavy atom. The molecule has 0 amide bonds. The number of aromatic nitrogens is 1. The summed E-state index contributed by atoms with van der Waals surface area (Å²) in [5.74, 6) is -0.0552. The quantitative estimate of drug-likeness (QED) is 0.637. The molecule has 4 heteroatoms. The zero-order chi connectivity index (χ0) is 13.7. The molecule has 100 valence electrons. The zero-order valence-electron chi connectivity index (χ0n) is 11.0. The molecule has 19 heavy (non-hydrogen) atoms. The first-order valence-electron chi connectivity index (χ1n) is 6.36. The molecule has 2 aromatic rings. The van der Waals surface area contributed by atoms with Crippen LogP contribution in [0.5, 0.6) is 0 Å². The van der Waals surface area contributed by atoms with Crippen molar-refractivity contribution in [2.45, 2.75) is 18.9 Å². The lowest BCUT2D eigenvalue weighted by atomic mass is 9.98. The van der Waals surface area contributed by atoms with Crippen LogP contribution in [-0.2, 0) is 4.74 Å². The summed E-state index contributed by atoms with van der Waals surface area (Å²) in [6.45, 7) is 0.620. The lowest BCUT2D eigenvalue weighted by Crippen LogP contribution is -2.31. The minimum Gasteiger partial charge on any atom is -0.385 e. The maximum absolute atomic E-state index is 12.3. The van der Waals surface area contributed by atoms with Gasteiger partial charge in [0.25, 0.3) is 0 Å². The Hall–Kier alpha value is -1.78. The number of ether oxygens (including phenoxy) is 1. The molecule has 4 nitrogen and oxygen atoms in total. The van der Waals surface area contributed by atoms with Crippen molar-refractivity contribution in [1.82, 2.24) is 4.98 Å². The van der Waals surface area contributed by atoms with Gasteiger partial charge in [-0.1, -0.05) is 18.2 Å². The van der Waals surface area contributed by atoms with Crippen LogP contribution in [0.25, 0.3) is 10.9 Å². The fourth-order valence-electron chi connectivity index (χ4n) is 2.08. The number of nitrogens with two attached hydrogens (primary N) is 1. The number of pyridine rings is 1. The van der Waals surface area contributed by atoms with Crippen LogP contribution >= 0.6 is 0 Å². The minimum absolute atomic E-state index is 0.0552. The fraction of sp³-hybridized carbons (Fsp3) is 0.333. The van der Waals surface area contributed by atoms with Crippen LogP contribution in [0, 0.1) is 0 Å². The zero-order valence-corrected chi connectivity index (χ0v) is 11.0. The van der Waals surface area contributed by atoms with Gasteiger partial charge in [0.2, 0.25) is 0 Å². The summed E-state index contributed by atoms with van der Waals surface area (Å²) in [5, 5.41) is 0.956. The summed E-state index contributed by atoms with van der Waals surface area (Å²) in [5.41, 5.74) is 7.27. The Morgan fingerprint density at radius 2 is 2.16 bits per heavy atom. The summed E-state index contributed by atoms with van der Waals surface area (Å²) in [6, 6.07) is 8.88. The number of Topliss-reactive ketones (excluding diaryl/α,β-unsaturated/α-hetero) is 1. The van der Waals surface area contributed by atoms with Crippen molar-refractivity contribution in [2.24, 2.45) is 5.73 Å². The molecule has 0 aliphatic carbocycles. The van der Waals surface area contributed by atoms with E-state index in [9.17, 15) is 4.79 Å². The normalized spacial score (nSPS) is 12.5. The van der Waals surface area contributed by atoms with Gasteiger partial charge in [-0.3, -0.25) is 9.78 Å². The number of fused-ring (bicyclic) bond motifs is 1. The van der Waals surface area contributed by atoms with Gasteiger partial charge in [0, 0.05) is 30.9 Å². The molecule has 0 aliphatic heterocycles. The second-order valence-electron chi connectivity index (χ2n) is 4.49. The molecule has 1 heterocycles. The van der Waals surface area contributed by atoms with Crippen LogP contribution in [0.15, 0.2) is 36.5 Å². The average molecular weight is 258 g/mol. The monoisotopic (exact) mass is 258 g/mol. The summed E-state index contributed by atoms with van der Waals surface area (Å²) in [7, 11) is 1.64. The minimum atomic E-state index is -0.497. The largest absolute Gasteiger partial charge is 0.385 e. The van der Waals surface area contributed by atoms with Crippen molar-refractivity contribution < 1.29 is 9.53 Å². The maximum Gasteiger partial charge on any atom is 0.181 e. The van der Waals surface area contributed by atoms with Gasteiger partial charge < -0.3 is 10.5 Å². The van der Waals surface area contributed by atoms with Crippen LogP contribution < -0.4 is 5.73 Å². The molecule has 0 fully saturated rings. The predicted octanol–water partition coefficient (Wildman–Crippen LogP) is 2.17. The van der Waals surface area contributed by atoms with Crippen LogP contribution in [0.3, 0.4) is 0 Å². The highest BCUT2D eigenvalue weighted by Gasteiger charge is 2.18. The topological polar surface area (TPSA) is 65.2 Å². The summed E-state index contributed by atoms with van der Waals surface area (Å²) < 4.78 is 4.97. The maximum atomic E-state index is 12.3. The first-order chi connectivity index (χ1) is 9.24. The summed E-state index contributed by atoms with van der Waals surface area (Å²) in [4.78, 5) is 16.6. The van der Waals surface area contributed by atoms with E-state index in [0.717, 1.165) is 17.3 Å². The van der Waals surface area contributed by atoms with Gasteiger partial charge in [0.05, 0.1) is 11.6 Å². The van der Waals surface area contributed by atoms with Gasteiger partial charge in [-0.2, -0.15) is 0 Å². The lowest BCUT2D eigenvalue weighted by Gasteiger charge is -2.11. The van der Waals surface area contributed by atoms with E-state index >= 15 is 0 Å². The first kappa shape index (κ1) is 13.6. The molecule has 1 aromatic carbocycles. The third-order valence-electron chi connectivity index (χ3n) is 3.10. The van der Waals surface area contributed by atoms with Gasteiger partial charge in [0.1, 0.15) is 0 Å². The van der Waals surface area contributed by atoms with Crippen molar-refractivity contribution in [3.63, 3.8) is 0 Å². The van der Waals surface area contributed by atoms with Crippen molar-refractivity contribution in [3.05, 3.63) is 42.1 Å². The molecule has 0 spiro atoms. The molecule has 0 saturated carbocycles. The van der Waals surface area contributed by atoms with Crippen molar-refractivity contribution >= 4 is 16.7 Å². The molecule has 2 rings (SSSR count). The smallest absolute Gasteiger partial charge is 0.181 e. The first-order valence-corrected chi connectivity index (χ1v) is 6.36. The number of carbonyl (C=O) groups is 1. The number of rotatable bonds is 6. The number of carbonyl (C=O) groups excluding carboxylic acids is 1. The average Bonchev–Trinajstić information content (AvgIpc) is 2.46. The van der Waals surface area contributed by atoms with Gasteiger partial charge in [-0.15, -0.1) is 0 Å². The molecule has 0 bridgehead atoms. The van der Waals surface area contributed by atoms with E-state index in [-0.39, 0.29) is 5.78 Å². The highest BCUT2D eigenvalue weighted by molar-refractivity contribution is 6.09. The van der Waals surface area contributed by atoms with E-state index in [1.807, 2.05) is 24.3 Å². The molecule has 0 saturated heterocycles.